The Bertz CT molecular complexity index is 238. The Kier molecular flexibility index (Phi) is 4.42. The molecule has 4 nitrogen and oxygen atoms in total. The summed E-state index contributed by atoms with van der Waals surface area (Å²) in [7, 11) is 0. The number of nitrogens with zero attached hydrogens (tertiary/aromatic N) is 1. The second-order valence-electron chi connectivity index (χ2n) is 5.57. The van der Waals surface area contributed by atoms with Crippen LogP contribution in [0.15, 0.2) is 0 Å². The molecule has 0 aromatic rings. The molecule has 0 aromatic carbocycles. The molecule has 0 saturated carbocycles. The molecular weight excluding hydrogens is 216 g/mol. The topological polar surface area (TPSA) is 33.7 Å². The van der Waals surface area contributed by atoms with Crippen molar-refractivity contribution >= 4 is 0 Å². The maximum absolute atomic E-state index is 5.79. The van der Waals surface area contributed by atoms with Crippen molar-refractivity contribution in [3.05, 3.63) is 0 Å². The minimum Gasteiger partial charge on any atom is -0.348 e. The van der Waals surface area contributed by atoms with Gasteiger partial charge in [0.2, 0.25) is 0 Å². The van der Waals surface area contributed by atoms with Gasteiger partial charge in [0.05, 0.1) is 12.7 Å². The van der Waals surface area contributed by atoms with Crippen LogP contribution < -0.4 is 5.32 Å². The molecule has 0 aromatic heterocycles. The number of hydrogen-bond donors (Lipinski definition) is 1. The SMILES string of the molecule is CCN1CCC(NCC2COC(C)(C)O2)CC1. The van der Waals surface area contributed by atoms with Gasteiger partial charge < -0.3 is 19.7 Å². The van der Waals surface area contributed by atoms with Crippen molar-refractivity contribution in [2.45, 2.75) is 51.5 Å². The molecule has 1 unspecified atom stereocenters. The first-order chi connectivity index (χ1) is 8.09. The van der Waals surface area contributed by atoms with Gasteiger partial charge in [-0.25, -0.2) is 0 Å². The highest BCUT2D eigenvalue weighted by Crippen LogP contribution is 2.22. The van der Waals surface area contributed by atoms with Crippen LogP contribution in [0, 0.1) is 0 Å². The average Bonchev–Trinajstić information content (AvgIpc) is 2.67. The molecule has 0 spiro atoms. The molecule has 1 N–H and O–H groups in total. The first-order valence-electron chi connectivity index (χ1n) is 6.86. The van der Waals surface area contributed by atoms with E-state index < -0.39 is 5.79 Å². The van der Waals surface area contributed by atoms with Crippen molar-refractivity contribution < 1.29 is 9.47 Å². The molecule has 100 valence electrons. The third-order valence-electron chi connectivity index (χ3n) is 3.74. The highest BCUT2D eigenvalue weighted by atomic mass is 16.7. The maximum atomic E-state index is 5.79. The minimum absolute atomic E-state index is 0.217. The predicted molar refractivity (Wildman–Crippen MR) is 68.0 cm³/mol. The van der Waals surface area contributed by atoms with Gasteiger partial charge in [-0.05, 0) is 46.3 Å². The zero-order valence-electron chi connectivity index (χ0n) is 11.4. The third-order valence-corrected chi connectivity index (χ3v) is 3.74. The van der Waals surface area contributed by atoms with Gasteiger partial charge in [0.25, 0.3) is 0 Å². The summed E-state index contributed by atoms with van der Waals surface area (Å²) in [6.45, 7) is 11.5. The Morgan fingerprint density at radius 3 is 2.53 bits per heavy atom. The molecule has 0 aliphatic carbocycles. The number of hydrogen-bond acceptors (Lipinski definition) is 4. The summed E-state index contributed by atoms with van der Waals surface area (Å²) < 4.78 is 11.3. The van der Waals surface area contributed by atoms with E-state index in [-0.39, 0.29) is 6.10 Å². The summed E-state index contributed by atoms with van der Waals surface area (Å²) in [5.41, 5.74) is 0. The Morgan fingerprint density at radius 1 is 1.29 bits per heavy atom. The summed E-state index contributed by atoms with van der Waals surface area (Å²) in [5.74, 6) is -0.391. The Morgan fingerprint density at radius 2 is 2.00 bits per heavy atom. The minimum atomic E-state index is -0.391. The first-order valence-corrected chi connectivity index (χ1v) is 6.86. The van der Waals surface area contributed by atoms with Crippen LogP contribution in [-0.2, 0) is 9.47 Å². The van der Waals surface area contributed by atoms with Crippen molar-refractivity contribution in [3.63, 3.8) is 0 Å². The predicted octanol–water partition coefficient (Wildman–Crippen LogP) is 1.21. The van der Waals surface area contributed by atoms with Crippen LogP contribution in [0.3, 0.4) is 0 Å². The first kappa shape index (κ1) is 13.3. The smallest absolute Gasteiger partial charge is 0.163 e. The zero-order chi connectivity index (χ0) is 12.3. The van der Waals surface area contributed by atoms with Gasteiger partial charge in [-0.1, -0.05) is 6.92 Å². The van der Waals surface area contributed by atoms with E-state index in [4.69, 9.17) is 9.47 Å². The third kappa shape index (κ3) is 3.91. The Labute approximate surface area is 105 Å². The monoisotopic (exact) mass is 242 g/mol. The lowest BCUT2D eigenvalue weighted by atomic mass is 10.1. The Balaban J connectivity index is 1.63. The van der Waals surface area contributed by atoms with Crippen LogP contribution in [0.2, 0.25) is 0 Å². The van der Waals surface area contributed by atoms with Gasteiger partial charge in [-0.3, -0.25) is 0 Å². The number of rotatable bonds is 4. The van der Waals surface area contributed by atoms with E-state index >= 15 is 0 Å². The normalized spacial score (nSPS) is 30.9. The molecule has 4 heteroatoms. The molecule has 0 bridgehead atoms. The van der Waals surface area contributed by atoms with Crippen molar-refractivity contribution in [3.8, 4) is 0 Å². The molecule has 2 saturated heterocycles. The van der Waals surface area contributed by atoms with Crippen LogP contribution in [-0.4, -0.2) is 55.6 Å². The fourth-order valence-corrected chi connectivity index (χ4v) is 2.62. The molecule has 0 amide bonds. The van der Waals surface area contributed by atoms with Crippen molar-refractivity contribution in [2.75, 3.05) is 32.8 Å². The van der Waals surface area contributed by atoms with E-state index in [1.807, 2.05) is 13.8 Å². The van der Waals surface area contributed by atoms with Gasteiger partial charge in [0.15, 0.2) is 5.79 Å². The van der Waals surface area contributed by atoms with E-state index in [1.165, 1.54) is 32.5 Å². The average molecular weight is 242 g/mol. The lowest BCUT2D eigenvalue weighted by molar-refractivity contribution is -0.138. The molecule has 2 fully saturated rings. The van der Waals surface area contributed by atoms with Crippen molar-refractivity contribution in [1.82, 2.24) is 10.2 Å². The van der Waals surface area contributed by atoms with Crippen LogP contribution in [0.4, 0.5) is 0 Å². The van der Waals surface area contributed by atoms with Crippen LogP contribution in [0.25, 0.3) is 0 Å². The fourth-order valence-electron chi connectivity index (χ4n) is 2.62. The zero-order valence-corrected chi connectivity index (χ0v) is 11.4. The standard InChI is InChI=1S/C13H26N2O2/c1-4-15-7-5-11(6-8-15)14-9-12-10-16-13(2,3)17-12/h11-12,14H,4-10H2,1-3H3. The van der Waals surface area contributed by atoms with Crippen LogP contribution in [0.5, 0.6) is 0 Å². The number of piperidine rings is 1. The number of likely N-dealkylation sites (tertiary alicyclic amines) is 1. The molecule has 2 aliphatic rings. The van der Waals surface area contributed by atoms with Gasteiger partial charge in [0, 0.05) is 12.6 Å². The molecule has 2 aliphatic heterocycles. The quantitative estimate of drug-likeness (QED) is 0.803. The molecule has 1 atom stereocenters. The lowest BCUT2D eigenvalue weighted by Crippen LogP contribution is -2.45. The maximum Gasteiger partial charge on any atom is 0.163 e. The summed E-state index contributed by atoms with van der Waals surface area (Å²) in [5, 5.41) is 3.61. The summed E-state index contributed by atoms with van der Waals surface area (Å²) >= 11 is 0. The summed E-state index contributed by atoms with van der Waals surface area (Å²) in [4.78, 5) is 2.51. The number of nitrogens with one attached hydrogen (secondary N) is 1. The molecule has 17 heavy (non-hydrogen) atoms. The number of ether oxygens (including phenoxy) is 2. The highest BCUT2D eigenvalue weighted by molar-refractivity contribution is 4.80. The molecule has 2 heterocycles. The molecular formula is C13H26N2O2. The van der Waals surface area contributed by atoms with Crippen molar-refractivity contribution in [1.29, 1.82) is 0 Å². The van der Waals surface area contributed by atoms with Crippen LogP contribution >= 0.6 is 0 Å². The second kappa shape index (κ2) is 5.65. The van der Waals surface area contributed by atoms with Gasteiger partial charge >= 0.3 is 0 Å². The van der Waals surface area contributed by atoms with Crippen LogP contribution in [0.1, 0.15) is 33.6 Å². The van der Waals surface area contributed by atoms with E-state index in [0.717, 1.165) is 6.54 Å². The van der Waals surface area contributed by atoms with E-state index in [2.05, 4.69) is 17.1 Å². The fraction of sp³-hybridized carbons (Fsp3) is 1.00. The molecule has 2 rings (SSSR count). The van der Waals surface area contributed by atoms with Gasteiger partial charge in [0.1, 0.15) is 0 Å². The van der Waals surface area contributed by atoms with E-state index in [0.29, 0.717) is 12.6 Å². The second-order valence-corrected chi connectivity index (χ2v) is 5.57. The van der Waals surface area contributed by atoms with E-state index in [1.54, 1.807) is 0 Å². The summed E-state index contributed by atoms with van der Waals surface area (Å²) in [6.07, 6.45) is 2.73. The molecule has 0 radical (unpaired) electrons. The van der Waals surface area contributed by atoms with E-state index in [9.17, 15) is 0 Å². The van der Waals surface area contributed by atoms with Gasteiger partial charge in [-0.2, -0.15) is 0 Å². The Hall–Kier alpha value is -0.160. The lowest BCUT2D eigenvalue weighted by Gasteiger charge is -2.32. The van der Waals surface area contributed by atoms with Crippen molar-refractivity contribution in [2.24, 2.45) is 0 Å². The van der Waals surface area contributed by atoms with Gasteiger partial charge in [-0.15, -0.1) is 0 Å². The summed E-state index contributed by atoms with van der Waals surface area (Å²) in [6, 6.07) is 0.658. The highest BCUT2D eigenvalue weighted by Gasteiger charge is 2.32. The largest absolute Gasteiger partial charge is 0.348 e.